The standard InChI is InChI=1S/C28H40O2.4CH3.4Rf/c1-23(2)24(3,4)26(7,8)28(27(9,10)25(23,5)6,19-11-15-21(29)16-12-19)20-13-17-22(30)18-14-20;;;;;;;;/h11-18,29-30H,1-10H3;4*1H3;;;;/q;4*-1;;;;. The molecule has 0 radical (unpaired) electrons. The minimum atomic E-state index is -0.357. The Balaban J connectivity index is -0.000000320. The summed E-state index contributed by atoms with van der Waals surface area (Å²) in [6.07, 6.45) is 0. The minimum Gasteiger partial charge on any atom is -0.508 e. The van der Waals surface area contributed by atoms with Gasteiger partial charge in [0.05, 0.1) is 0 Å². The van der Waals surface area contributed by atoms with Crippen LogP contribution >= 0.6 is 0 Å². The van der Waals surface area contributed by atoms with Crippen LogP contribution in [0.1, 0.15) is 80.4 Å². The maximum atomic E-state index is 10.1. The average Bonchev–Trinajstić information content (AvgIpc) is 2.63. The molecule has 0 spiro atoms. The van der Waals surface area contributed by atoms with Crippen LogP contribution in [-0.4, -0.2) is 10.2 Å². The Bertz CT molecular complexity index is 867. The van der Waals surface area contributed by atoms with E-state index in [-0.39, 0.29) is 73.7 Å². The summed E-state index contributed by atoms with van der Waals surface area (Å²) in [6, 6.07) is 15.6. The van der Waals surface area contributed by atoms with Crippen molar-refractivity contribution in [1.82, 2.24) is 0 Å². The molecule has 1 fully saturated rings. The zero-order valence-corrected chi connectivity index (χ0v) is 52.9. The molecule has 204 valence electrons. The fraction of sp³-hybridized carbons (Fsp3) is 0.500. The van der Waals surface area contributed by atoms with Gasteiger partial charge < -0.3 is 39.9 Å². The quantitative estimate of drug-likeness (QED) is 0.295. The molecule has 6 heteroatoms. The molecule has 0 unspecified atom stereocenters. The van der Waals surface area contributed by atoms with Crippen molar-refractivity contribution in [2.45, 2.75) is 74.7 Å². The van der Waals surface area contributed by atoms with Gasteiger partial charge in [0.1, 0.15) is 11.5 Å². The fourth-order valence-corrected chi connectivity index (χ4v) is 7.10. The second-order valence-electron chi connectivity index (χ2n) is 12.0. The van der Waals surface area contributed by atoms with Crippen LogP contribution < -0.4 is 0 Å². The topological polar surface area (TPSA) is 40.5 Å². The van der Waals surface area contributed by atoms with Crippen LogP contribution in [0, 0.1) is 56.8 Å². The molecule has 1 saturated carbocycles. The first kappa shape index (κ1) is 45.5. The molecule has 1 aliphatic rings. The molecule has 0 aliphatic heterocycles. The molecule has 0 atom stereocenters. The van der Waals surface area contributed by atoms with Crippen molar-refractivity contribution in [2.24, 2.45) is 27.1 Å². The Morgan fingerprint density at radius 2 is 0.553 bits per heavy atom. The van der Waals surface area contributed by atoms with Crippen LogP contribution in [0.3, 0.4) is 0 Å². The van der Waals surface area contributed by atoms with Crippen LogP contribution in [-0.2, 0) is 5.41 Å². The smallest absolute Gasteiger partial charge is 0.115 e. The Morgan fingerprint density at radius 1 is 0.368 bits per heavy atom. The molecule has 0 amide bonds. The predicted molar refractivity (Wildman–Crippen MR) is 152 cm³/mol. The summed E-state index contributed by atoms with van der Waals surface area (Å²) in [6.45, 7) is 24.1. The second-order valence-corrected chi connectivity index (χ2v) is 12.0. The van der Waals surface area contributed by atoms with Crippen molar-refractivity contribution >= 4 is 0 Å². The molecule has 2 N–H and O–H groups in total. The third-order valence-electron chi connectivity index (χ3n) is 10.7. The largest absolute Gasteiger partial charge is 0.508 e. The van der Waals surface area contributed by atoms with Gasteiger partial charge in [-0.1, -0.05) is 93.5 Å². The third kappa shape index (κ3) is 3.95. The van der Waals surface area contributed by atoms with E-state index in [1.54, 1.807) is 0 Å². The van der Waals surface area contributed by atoms with Gasteiger partial charge in [-0.2, -0.15) is 0 Å². The van der Waals surface area contributed by atoms with Gasteiger partial charge >= 0.3 is 0 Å². The molecular weight excluding hydrogens is 1480 g/mol. The van der Waals surface area contributed by atoms with Crippen LogP contribution in [0.2, 0.25) is 0 Å². The minimum absolute atomic E-state index is 0. The molecule has 2 nitrogen and oxygen atoms in total. The van der Waals surface area contributed by atoms with Crippen LogP contribution in [0.15, 0.2) is 48.5 Å². The average molecular weight is 1540 g/mol. The third-order valence-corrected chi connectivity index (χ3v) is 10.7. The monoisotopic (exact) mass is 1540 g/mol. The van der Waals surface area contributed by atoms with E-state index in [1.165, 1.54) is 11.1 Å². The number of phenolic OH excluding ortho intramolecular Hbond substituents is 2. The van der Waals surface area contributed by atoms with Gasteiger partial charge in [-0.15, -0.1) is 0 Å². The zero-order chi connectivity index (χ0) is 23.0. The number of rotatable bonds is 2. The van der Waals surface area contributed by atoms with Gasteiger partial charge in [0.2, 0.25) is 0 Å². The van der Waals surface area contributed by atoms with Crippen molar-refractivity contribution in [3.8, 4) is 11.5 Å². The molecule has 0 saturated heterocycles. The molecule has 2 aromatic carbocycles. The SMILES string of the molecule is CC1(C)C(C)(C)C(C)(C)C(c2ccc(O)cc2)(c2ccc(O)cc2)C(C)(C)C1(C)C.[CH3-].[CH3-].[CH3-].[CH3-].[Rf].[Rf].[Rf].[Rf]. The fourth-order valence-electron chi connectivity index (χ4n) is 7.10. The zero-order valence-electron chi connectivity index (χ0n) is 27.3. The van der Waals surface area contributed by atoms with E-state index < -0.39 is 0 Å². The number of aromatic hydroxyl groups is 2. The summed E-state index contributed by atoms with van der Waals surface area (Å²) in [4.78, 5) is 0. The first-order valence-electron chi connectivity index (χ1n) is 11.1. The number of benzene rings is 2. The Kier molecular flexibility index (Phi) is 13.4. The maximum Gasteiger partial charge on any atom is 0.115 e. The summed E-state index contributed by atoms with van der Waals surface area (Å²) in [7, 11) is 0. The van der Waals surface area contributed by atoms with Gasteiger partial charge in [-0.3, -0.25) is 0 Å². The van der Waals surface area contributed by atoms with Gasteiger partial charge in [0.25, 0.3) is 0 Å². The maximum absolute atomic E-state index is 10.1. The van der Waals surface area contributed by atoms with Gasteiger partial charge in [0, 0.05) is 5.41 Å². The summed E-state index contributed by atoms with van der Waals surface area (Å²) < 4.78 is 0. The molecule has 0 bridgehead atoms. The number of hydrogen-bond acceptors (Lipinski definition) is 2. The molecule has 1 aliphatic carbocycles. The Hall–Kier alpha value is -5.96. The number of phenols is 2. The van der Waals surface area contributed by atoms with Crippen molar-refractivity contribution < 1.29 is 10.2 Å². The van der Waals surface area contributed by atoms with Crippen LogP contribution in [0.4, 0.5) is 0 Å². The van der Waals surface area contributed by atoms with Crippen molar-refractivity contribution in [3.63, 3.8) is 0 Å². The first-order chi connectivity index (χ1) is 13.5. The van der Waals surface area contributed by atoms with Crippen molar-refractivity contribution in [2.75, 3.05) is 0 Å². The van der Waals surface area contributed by atoms with Crippen molar-refractivity contribution in [1.29, 1.82) is 0 Å². The number of hydrogen-bond donors (Lipinski definition) is 2. The van der Waals surface area contributed by atoms with E-state index in [2.05, 4.69) is 93.5 Å². The van der Waals surface area contributed by atoms with E-state index in [9.17, 15) is 10.2 Å². The molecule has 0 heterocycles. The van der Waals surface area contributed by atoms with E-state index in [1.807, 2.05) is 24.3 Å². The van der Waals surface area contributed by atoms with Gasteiger partial charge in [-0.25, -0.2) is 0 Å². The molecule has 3 rings (SSSR count). The predicted octanol–water partition coefficient (Wildman–Crippen LogP) is 9.33. The second kappa shape index (κ2) is 11.2. The molecule has 38 heavy (non-hydrogen) atoms. The van der Waals surface area contributed by atoms with E-state index in [4.69, 9.17) is 0 Å². The Morgan fingerprint density at radius 3 is 0.763 bits per heavy atom. The summed E-state index contributed by atoms with van der Waals surface area (Å²) in [5, 5.41) is 20.1. The van der Waals surface area contributed by atoms with Gasteiger partial charge in [0.15, 0.2) is 0 Å². The van der Waals surface area contributed by atoms with E-state index in [0.717, 1.165) is 0 Å². The first-order valence-corrected chi connectivity index (χ1v) is 11.1. The van der Waals surface area contributed by atoms with E-state index in [0.29, 0.717) is 0 Å². The summed E-state index contributed by atoms with van der Waals surface area (Å²) in [5.74, 6) is 0.565. The molecule has 2 aromatic rings. The van der Waals surface area contributed by atoms with Crippen LogP contribution in [0.25, 0.3) is 0 Å². The normalized spacial score (nSPS) is 19.6. The molecule has 0 aromatic heterocycles. The molecular formula is C32H52O2Rf4-4. The van der Waals surface area contributed by atoms with Crippen LogP contribution in [0.5, 0.6) is 11.5 Å². The van der Waals surface area contributed by atoms with Crippen molar-refractivity contribution in [3.05, 3.63) is 89.4 Å². The summed E-state index contributed by atoms with van der Waals surface area (Å²) in [5.41, 5.74) is 1.72. The van der Waals surface area contributed by atoms with E-state index >= 15 is 0 Å². The Labute approximate surface area is 212 Å². The summed E-state index contributed by atoms with van der Waals surface area (Å²) >= 11 is 0. The van der Waals surface area contributed by atoms with Gasteiger partial charge in [-0.05, 0) is 62.5 Å².